The quantitative estimate of drug-likeness (QED) is 0.300. The Hall–Kier alpha value is 0.119. The number of rotatable bonds is 2. The van der Waals surface area contributed by atoms with E-state index in [9.17, 15) is 0 Å². The third-order valence-electron chi connectivity index (χ3n) is 0.352. The Bertz CT molecular complexity index is 112. The molecule has 0 fully saturated rings. The van der Waals surface area contributed by atoms with Gasteiger partial charge in [-0.15, -0.1) is 0 Å². The van der Waals surface area contributed by atoms with E-state index in [0.29, 0.717) is 5.70 Å². The van der Waals surface area contributed by atoms with E-state index in [2.05, 4.69) is 12.7 Å². The minimum Gasteiger partial charge on any atom is -0.420 e. The Kier molecular flexibility index (Phi) is 36.1. The zero-order valence-electron chi connectivity index (χ0n) is 5.09. The second kappa shape index (κ2) is 16.1. The van der Waals surface area contributed by atoms with Gasteiger partial charge in [-0.1, -0.05) is 19.3 Å². The van der Waals surface area contributed by atoms with Crippen molar-refractivity contribution in [1.29, 1.82) is 5.41 Å². The first-order valence-electron chi connectivity index (χ1n) is 1.80. The second-order valence-corrected chi connectivity index (χ2v) is 1.00. The molecule has 0 atom stereocenters. The Morgan fingerprint density at radius 3 is 2.10 bits per heavy atom. The molecule has 4 radical (unpaired) electrons. The maximum atomic E-state index is 6.46. The zero-order valence-corrected chi connectivity index (χ0v) is 7.93. The molecule has 0 unspecified atom stereocenters. The van der Waals surface area contributed by atoms with Crippen LogP contribution < -0.4 is 5.73 Å². The van der Waals surface area contributed by atoms with E-state index in [0.717, 1.165) is 6.21 Å². The molecule has 0 saturated carbocycles. The molecule has 3 N–H and O–H groups in total. The molecule has 4 heteroatoms. The van der Waals surface area contributed by atoms with Crippen LogP contribution in [-0.4, -0.2) is 14.6 Å². The normalized spacial score (nSPS) is 6.40. The maximum absolute atomic E-state index is 6.46. The van der Waals surface area contributed by atoms with Gasteiger partial charge in [-0.3, -0.25) is 0 Å². The number of nitrogens with one attached hydrogen (secondary N) is 1. The van der Waals surface area contributed by atoms with Crippen molar-refractivity contribution in [3.05, 3.63) is 24.4 Å². The molecule has 0 spiro atoms. The maximum Gasteiger partial charge on any atom is 0 e. The van der Waals surface area contributed by atoms with Gasteiger partial charge in [0.05, 0.1) is 0 Å². The van der Waals surface area contributed by atoms with Gasteiger partial charge in [0.2, 0.25) is 0 Å². The number of allylic oxidation sites excluding steroid dienone is 2. The predicted octanol–water partition coefficient (Wildman–Crippen LogP) is 0.721. The average molecular weight is 211 g/mol. The number of hydrogen-bond donors (Lipinski definition) is 2. The summed E-state index contributed by atoms with van der Waals surface area (Å²) in [5, 5.41) is 6.46. The fraction of sp³-hybridized carbons (Fsp3) is 0.167. The third kappa shape index (κ3) is 24.3. The van der Waals surface area contributed by atoms with E-state index < -0.39 is 0 Å². The van der Waals surface area contributed by atoms with Crippen LogP contribution in [0, 0.1) is 11.5 Å². The van der Waals surface area contributed by atoms with Crippen molar-refractivity contribution in [1.82, 2.24) is 0 Å². The van der Waals surface area contributed by atoms with Crippen LogP contribution in [0.3, 0.4) is 0 Å². The SMILES string of the molecule is C.C=C(N)[C-]=CC=N.[B].[Y]. The fourth-order valence-electron chi connectivity index (χ4n) is 0.149. The van der Waals surface area contributed by atoms with Crippen molar-refractivity contribution in [2.75, 3.05) is 0 Å². The second-order valence-electron chi connectivity index (χ2n) is 1.00. The molecule has 0 aromatic heterocycles. The first-order chi connectivity index (χ1) is 3.27. The third-order valence-corrected chi connectivity index (χ3v) is 0.352. The predicted molar refractivity (Wildman–Crippen MR) is 42.4 cm³/mol. The smallest absolute Gasteiger partial charge is 0 e. The van der Waals surface area contributed by atoms with Crippen molar-refractivity contribution in [3.8, 4) is 0 Å². The molecule has 0 bridgehead atoms. The first-order valence-corrected chi connectivity index (χ1v) is 1.80. The summed E-state index contributed by atoms with van der Waals surface area (Å²) in [7, 11) is 0. The van der Waals surface area contributed by atoms with E-state index in [4.69, 9.17) is 11.1 Å². The van der Waals surface area contributed by atoms with Gasteiger partial charge in [0.25, 0.3) is 0 Å². The Morgan fingerprint density at radius 1 is 1.60 bits per heavy atom. The van der Waals surface area contributed by atoms with Crippen LogP contribution in [0.1, 0.15) is 7.43 Å². The summed E-state index contributed by atoms with van der Waals surface area (Å²) in [6.45, 7) is 3.32. The zero-order chi connectivity index (χ0) is 5.70. The standard InChI is InChI=1S/C5H7N2.CH4.B.Y/c1-5(7)3-2-4-6;;;/h2,4,6H,1,7H2;1H4;;/q-1;;;. The van der Waals surface area contributed by atoms with Gasteiger partial charge in [0.1, 0.15) is 0 Å². The molecular formula is C6H11BN2Y-. The van der Waals surface area contributed by atoms with E-state index in [1.54, 1.807) is 0 Å². The monoisotopic (exact) mass is 211 g/mol. The van der Waals surface area contributed by atoms with Crippen LogP contribution in [0.4, 0.5) is 0 Å². The molecule has 52 valence electrons. The largest absolute Gasteiger partial charge is 0.420 e. The van der Waals surface area contributed by atoms with E-state index in [-0.39, 0.29) is 48.5 Å². The molecule has 0 amide bonds. The minimum absolute atomic E-state index is 0. The summed E-state index contributed by atoms with van der Waals surface area (Å²) in [6.07, 6.45) is 5.00. The average Bonchev–Trinajstić information content (AvgIpc) is 1.61. The van der Waals surface area contributed by atoms with Gasteiger partial charge in [-0.25, -0.2) is 0 Å². The van der Waals surface area contributed by atoms with Crippen molar-refractivity contribution >= 4 is 14.6 Å². The van der Waals surface area contributed by atoms with Crippen molar-refractivity contribution in [2.45, 2.75) is 7.43 Å². The summed E-state index contributed by atoms with van der Waals surface area (Å²) in [5.41, 5.74) is 5.39. The van der Waals surface area contributed by atoms with Gasteiger partial charge in [0.15, 0.2) is 0 Å². The van der Waals surface area contributed by atoms with Crippen LogP contribution >= 0.6 is 0 Å². The van der Waals surface area contributed by atoms with Crippen LogP contribution in [0.5, 0.6) is 0 Å². The van der Waals surface area contributed by atoms with Gasteiger partial charge in [0, 0.05) is 41.1 Å². The summed E-state index contributed by atoms with van der Waals surface area (Å²) in [4.78, 5) is 0. The molecule has 0 heterocycles. The molecule has 0 aliphatic rings. The van der Waals surface area contributed by atoms with Crippen molar-refractivity contribution < 1.29 is 32.7 Å². The summed E-state index contributed by atoms with van der Waals surface area (Å²) >= 11 is 0. The molecule has 0 saturated heterocycles. The van der Waals surface area contributed by atoms with Crippen LogP contribution in [0.2, 0.25) is 0 Å². The topological polar surface area (TPSA) is 49.9 Å². The van der Waals surface area contributed by atoms with E-state index in [1.807, 2.05) is 0 Å². The van der Waals surface area contributed by atoms with Gasteiger partial charge in [-0.2, -0.15) is 18.7 Å². The van der Waals surface area contributed by atoms with E-state index in [1.165, 1.54) is 6.08 Å². The minimum atomic E-state index is 0. The summed E-state index contributed by atoms with van der Waals surface area (Å²) in [6, 6.07) is 0. The van der Waals surface area contributed by atoms with Crippen molar-refractivity contribution in [3.63, 3.8) is 0 Å². The molecule has 2 nitrogen and oxygen atoms in total. The Balaban J connectivity index is -0.0000000600. The summed E-state index contributed by atoms with van der Waals surface area (Å²) in [5.74, 6) is 0. The van der Waals surface area contributed by atoms with Gasteiger partial charge in [-0.05, 0) is 0 Å². The molecule has 0 aromatic carbocycles. The van der Waals surface area contributed by atoms with Crippen molar-refractivity contribution in [2.24, 2.45) is 5.73 Å². The molecule has 0 rings (SSSR count). The number of hydrogen-bond acceptors (Lipinski definition) is 2. The molecule has 0 aliphatic heterocycles. The Morgan fingerprint density at radius 2 is 2.00 bits per heavy atom. The Labute approximate surface area is 89.9 Å². The molecule has 0 aliphatic carbocycles. The number of nitrogens with two attached hydrogens (primary N) is 1. The molecule has 0 aromatic rings. The van der Waals surface area contributed by atoms with Gasteiger partial charge >= 0.3 is 0 Å². The fourth-order valence-corrected chi connectivity index (χ4v) is 0.149. The van der Waals surface area contributed by atoms with Crippen LogP contribution in [-0.2, 0) is 32.7 Å². The summed E-state index contributed by atoms with van der Waals surface area (Å²) < 4.78 is 0. The van der Waals surface area contributed by atoms with Gasteiger partial charge < -0.3 is 11.1 Å². The molecular weight excluding hydrogens is 200 g/mol. The van der Waals surface area contributed by atoms with E-state index >= 15 is 0 Å². The van der Waals surface area contributed by atoms with Crippen LogP contribution in [0.25, 0.3) is 0 Å². The molecule has 10 heavy (non-hydrogen) atoms. The van der Waals surface area contributed by atoms with Crippen LogP contribution in [0.15, 0.2) is 18.4 Å². The first kappa shape index (κ1) is 22.5.